The van der Waals surface area contributed by atoms with Gasteiger partial charge in [0, 0.05) is 70.0 Å². The fourth-order valence-corrected chi connectivity index (χ4v) is 7.21. The van der Waals surface area contributed by atoms with Crippen LogP contribution in [0.3, 0.4) is 0 Å². The Labute approximate surface area is 245 Å². The number of halogens is 3. The van der Waals surface area contributed by atoms with Gasteiger partial charge in [0.15, 0.2) is 0 Å². The highest BCUT2D eigenvalue weighted by atomic mass is 19.4. The van der Waals surface area contributed by atoms with Gasteiger partial charge in [-0.05, 0) is 54.3 Å². The number of ether oxygens (including phenoxy) is 3. The lowest BCUT2D eigenvalue weighted by molar-refractivity contribution is -0.274. The molecule has 0 saturated carbocycles. The number of rotatable bonds is 7. The molecule has 1 spiro atoms. The van der Waals surface area contributed by atoms with Crippen molar-refractivity contribution in [2.24, 2.45) is 11.8 Å². The summed E-state index contributed by atoms with van der Waals surface area (Å²) in [6.07, 6.45) is -0.639. The Hall–Kier alpha value is -2.98. The smallest absolute Gasteiger partial charge is 0.490 e. The van der Waals surface area contributed by atoms with Gasteiger partial charge in [-0.15, -0.1) is 13.2 Å². The van der Waals surface area contributed by atoms with Gasteiger partial charge in [-0.1, -0.05) is 26.0 Å². The molecule has 228 valence electrons. The average Bonchev–Trinajstić information content (AvgIpc) is 3.36. The van der Waals surface area contributed by atoms with Crippen LogP contribution in [0.4, 0.5) is 18.9 Å². The molecule has 1 amide bonds. The van der Waals surface area contributed by atoms with Crippen LogP contribution in [0.5, 0.6) is 11.5 Å². The molecule has 10 heteroatoms. The van der Waals surface area contributed by atoms with Crippen molar-refractivity contribution in [2.75, 3.05) is 37.7 Å². The van der Waals surface area contributed by atoms with Crippen molar-refractivity contribution in [1.29, 1.82) is 0 Å². The van der Waals surface area contributed by atoms with Crippen molar-refractivity contribution in [2.45, 2.75) is 76.7 Å². The van der Waals surface area contributed by atoms with Gasteiger partial charge < -0.3 is 24.0 Å². The standard InChI is InChI=1S/C32H40F3N3O4/c1-22(2)29-21-40-31-15-18-36(20-24(31)5-12-30(39)38(29)31)19-23-3-6-25(7-4-23)37-16-13-27(14-17-37)41-26-8-10-28(11-9-26)42-32(33,34)35/h3-4,6-11,22,24,27,29H,5,12-21H2,1-2H3/t24-,29-,31-/m1/s1. The molecule has 4 fully saturated rings. The maximum absolute atomic E-state index is 12.9. The van der Waals surface area contributed by atoms with E-state index in [1.165, 1.54) is 35.5 Å². The molecule has 0 unspecified atom stereocenters. The second-order valence-corrected chi connectivity index (χ2v) is 12.4. The van der Waals surface area contributed by atoms with E-state index in [2.05, 4.69) is 57.5 Å². The lowest BCUT2D eigenvalue weighted by Gasteiger charge is -2.53. The summed E-state index contributed by atoms with van der Waals surface area (Å²) in [6.45, 7) is 9.46. The van der Waals surface area contributed by atoms with Gasteiger partial charge in [-0.25, -0.2) is 0 Å². The molecule has 42 heavy (non-hydrogen) atoms. The minimum atomic E-state index is -4.70. The summed E-state index contributed by atoms with van der Waals surface area (Å²) >= 11 is 0. The van der Waals surface area contributed by atoms with Crippen molar-refractivity contribution in [1.82, 2.24) is 9.80 Å². The van der Waals surface area contributed by atoms with E-state index in [9.17, 15) is 18.0 Å². The summed E-state index contributed by atoms with van der Waals surface area (Å²) in [5, 5.41) is 0. The van der Waals surface area contributed by atoms with Crippen LogP contribution in [0.25, 0.3) is 0 Å². The van der Waals surface area contributed by atoms with Crippen LogP contribution >= 0.6 is 0 Å². The molecule has 6 rings (SSSR count). The Bertz CT molecular complexity index is 1230. The number of anilines is 1. The second-order valence-electron chi connectivity index (χ2n) is 12.4. The monoisotopic (exact) mass is 587 g/mol. The number of hydrogen-bond donors (Lipinski definition) is 0. The van der Waals surface area contributed by atoms with Crippen molar-refractivity contribution in [3.63, 3.8) is 0 Å². The number of nitrogens with zero attached hydrogens (tertiary/aromatic N) is 3. The van der Waals surface area contributed by atoms with E-state index in [0.29, 0.717) is 30.6 Å². The molecule has 7 nitrogen and oxygen atoms in total. The molecule has 2 aromatic rings. The summed E-state index contributed by atoms with van der Waals surface area (Å²) in [5.41, 5.74) is 2.05. The number of amides is 1. The zero-order valence-corrected chi connectivity index (χ0v) is 24.3. The Morgan fingerprint density at radius 2 is 1.67 bits per heavy atom. The zero-order valence-electron chi connectivity index (χ0n) is 24.3. The SMILES string of the molecule is CC(C)[C@H]1CO[C@]23CCN(Cc4ccc(N5CCC(Oc6ccc(OC(F)(F)F)cc6)CC5)cc4)C[C@H]2CCC(=O)N13. The number of likely N-dealkylation sites (tertiary alicyclic amines) is 1. The fraction of sp³-hybridized carbons (Fsp3) is 0.594. The van der Waals surface area contributed by atoms with Gasteiger partial charge in [-0.2, -0.15) is 0 Å². The van der Waals surface area contributed by atoms with Crippen LogP contribution in [-0.2, 0) is 16.1 Å². The molecule has 3 atom stereocenters. The number of carbonyl (C=O) groups is 1. The van der Waals surface area contributed by atoms with Gasteiger partial charge >= 0.3 is 6.36 Å². The molecule has 0 bridgehead atoms. The molecule has 4 saturated heterocycles. The zero-order chi connectivity index (χ0) is 29.5. The maximum atomic E-state index is 12.9. The number of alkyl halides is 3. The topological polar surface area (TPSA) is 54.5 Å². The second kappa shape index (κ2) is 11.6. The number of carbonyl (C=O) groups excluding carboxylic acids is 1. The van der Waals surface area contributed by atoms with Crippen molar-refractivity contribution >= 4 is 11.6 Å². The quantitative estimate of drug-likeness (QED) is 0.407. The van der Waals surface area contributed by atoms with Crippen LogP contribution in [0.1, 0.15) is 51.5 Å². The third kappa shape index (κ3) is 6.06. The summed E-state index contributed by atoms with van der Waals surface area (Å²) in [5.74, 6) is 1.29. The predicted octanol–water partition coefficient (Wildman–Crippen LogP) is 5.83. The highest BCUT2D eigenvalue weighted by molar-refractivity contribution is 5.78. The highest BCUT2D eigenvalue weighted by Crippen LogP contribution is 2.47. The maximum Gasteiger partial charge on any atom is 0.573 e. The lowest BCUT2D eigenvalue weighted by atomic mass is 9.79. The first-order valence-electron chi connectivity index (χ1n) is 15.1. The third-order valence-electron chi connectivity index (χ3n) is 9.40. The number of piperidine rings is 3. The normalized spacial score (nSPS) is 27.2. The first kappa shape index (κ1) is 29.1. The first-order valence-corrected chi connectivity index (χ1v) is 15.1. The Balaban J connectivity index is 0.986. The summed E-state index contributed by atoms with van der Waals surface area (Å²) in [6, 6.07) is 14.6. The molecule has 0 N–H and O–H groups in total. The van der Waals surface area contributed by atoms with E-state index in [1.807, 2.05) is 0 Å². The van der Waals surface area contributed by atoms with Crippen molar-refractivity contribution in [3.8, 4) is 11.5 Å². The van der Waals surface area contributed by atoms with Gasteiger partial charge in [0.25, 0.3) is 0 Å². The van der Waals surface area contributed by atoms with Crippen LogP contribution in [0, 0.1) is 11.8 Å². The van der Waals surface area contributed by atoms with E-state index in [4.69, 9.17) is 9.47 Å². The first-order chi connectivity index (χ1) is 20.1. The van der Waals surface area contributed by atoms with Crippen LogP contribution in [0.15, 0.2) is 48.5 Å². The van der Waals surface area contributed by atoms with Crippen LogP contribution in [-0.4, -0.2) is 72.7 Å². The minimum absolute atomic E-state index is 0.0166. The van der Waals surface area contributed by atoms with Gasteiger partial charge in [0.1, 0.15) is 23.3 Å². The summed E-state index contributed by atoms with van der Waals surface area (Å²) in [7, 11) is 0. The minimum Gasteiger partial charge on any atom is -0.490 e. The van der Waals surface area contributed by atoms with Gasteiger partial charge in [0.05, 0.1) is 12.6 Å². The van der Waals surface area contributed by atoms with Crippen LogP contribution < -0.4 is 14.4 Å². The Morgan fingerprint density at radius 1 is 0.976 bits per heavy atom. The van der Waals surface area contributed by atoms with E-state index in [1.54, 1.807) is 0 Å². The molecule has 4 heterocycles. The molecule has 0 aromatic heterocycles. The molecular formula is C32H40F3N3O4. The predicted molar refractivity (Wildman–Crippen MR) is 152 cm³/mol. The van der Waals surface area contributed by atoms with Crippen molar-refractivity contribution < 1.29 is 32.2 Å². The van der Waals surface area contributed by atoms with E-state index in [-0.39, 0.29) is 23.8 Å². The van der Waals surface area contributed by atoms with E-state index >= 15 is 0 Å². The highest BCUT2D eigenvalue weighted by Gasteiger charge is 2.58. The largest absolute Gasteiger partial charge is 0.573 e. The molecule has 4 aliphatic heterocycles. The Kier molecular flexibility index (Phi) is 8.04. The van der Waals surface area contributed by atoms with Gasteiger partial charge in [-0.3, -0.25) is 9.69 Å². The number of hydrogen-bond acceptors (Lipinski definition) is 6. The van der Waals surface area contributed by atoms with Gasteiger partial charge in [0.2, 0.25) is 5.91 Å². The summed E-state index contributed by atoms with van der Waals surface area (Å²) < 4.78 is 53.5. The van der Waals surface area contributed by atoms with Crippen molar-refractivity contribution in [3.05, 3.63) is 54.1 Å². The molecule has 0 aliphatic carbocycles. The third-order valence-corrected chi connectivity index (χ3v) is 9.40. The number of benzene rings is 2. The van der Waals surface area contributed by atoms with E-state index < -0.39 is 12.1 Å². The molecular weight excluding hydrogens is 547 g/mol. The Morgan fingerprint density at radius 3 is 2.33 bits per heavy atom. The molecule has 4 aliphatic rings. The summed E-state index contributed by atoms with van der Waals surface area (Å²) in [4.78, 5) is 19.9. The molecule has 2 aromatic carbocycles. The van der Waals surface area contributed by atoms with E-state index in [0.717, 1.165) is 58.4 Å². The lowest BCUT2D eigenvalue weighted by Crippen LogP contribution is -2.65. The fourth-order valence-electron chi connectivity index (χ4n) is 7.21. The average molecular weight is 588 g/mol. The molecule has 0 radical (unpaired) electrons. The van der Waals surface area contributed by atoms with Crippen LogP contribution in [0.2, 0.25) is 0 Å².